The van der Waals surface area contributed by atoms with Crippen molar-refractivity contribution in [3.8, 4) is 0 Å². The van der Waals surface area contributed by atoms with E-state index in [4.69, 9.17) is 13.9 Å². The zero-order chi connectivity index (χ0) is 19.2. The SMILES string of the molecule is C=CCN1CC2(OCCO2)[C@H]2C[C@]1(C=C)CC[C@H]2O[Si](C)(C)C(C)(C)C. The van der Waals surface area contributed by atoms with Crippen molar-refractivity contribution in [2.45, 2.75) is 75.6 Å². The highest BCUT2D eigenvalue weighted by Crippen LogP contribution is 2.52. The Hall–Kier alpha value is -0.463. The van der Waals surface area contributed by atoms with Crippen molar-refractivity contribution >= 4 is 8.32 Å². The molecule has 0 aromatic rings. The van der Waals surface area contributed by atoms with Gasteiger partial charge in [-0.25, -0.2) is 0 Å². The van der Waals surface area contributed by atoms with Gasteiger partial charge in [-0.05, 0) is 37.4 Å². The predicted molar refractivity (Wildman–Crippen MR) is 109 cm³/mol. The Balaban J connectivity index is 1.91. The summed E-state index contributed by atoms with van der Waals surface area (Å²) in [7, 11) is -1.85. The van der Waals surface area contributed by atoms with E-state index in [1.807, 2.05) is 6.08 Å². The van der Waals surface area contributed by atoms with Crippen LogP contribution >= 0.6 is 0 Å². The summed E-state index contributed by atoms with van der Waals surface area (Å²) in [5, 5.41) is 0.202. The lowest BCUT2D eigenvalue weighted by Gasteiger charge is -2.60. The Morgan fingerprint density at radius 2 is 1.88 bits per heavy atom. The Morgan fingerprint density at radius 3 is 2.42 bits per heavy atom. The highest BCUT2D eigenvalue weighted by atomic mass is 28.4. The maximum atomic E-state index is 6.91. The van der Waals surface area contributed by atoms with Crippen LogP contribution in [0.4, 0.5) is 0 Å². The molecule has 2 saturated heterocycles. The second kappa shape index (κ2) is 6.85. The lowest BCUT2D eigenvalue weighted by Crippen LogP contribution is -2.69. The van der Waals surface area contributed by atoms with Crippen molar-refractivity contribution in [2.24, 2.45) is 5.92 Å². The maximum Gasteiger partial charge on any atom is 0.192 e. The van der Waals surface area contributed by atoms with Crippen LogP contribution < -0.4 is 0 Å². The first-order valence-electron chi connectivity index (χ1n) is 10.0. The summed E-state index contributed by atoms with van der Waals surface area (Å²) in [6.45, 7) is 22.7. The van der Waals surface area contributed by atoms with Crippen LogP contribution in [0.3, 0.4) is 0 Å². The smallest absolute Gasteiger partial charge is 0.192 e. The van der Waals surface area contributed by atoms with E-state index >= 15 is 0 Å². The quantitative estimate of drug-likeness (QED) is 0.525. The number of likely N-dealkylation sites (tertiary alicyclic amines) is 1. The van der Waals surface area contributed by atoms with E-state index in [1.54, 1.807) is 0 Å². The summed E-state index contributed by atoms with van der Waals surface area (Å²) in [4.78, 5) is 2.46. The standard InChI is InChI=1S/C21H37NO3Si/c1-8-12-22-16-21(23-13-14-24-21)17-15-20(22,9-2)11-10-18(17)25-26(6,7)19(3,4)5/h8-9,17-18H,1-2,10-16H2,3-7H3/t17-,18+,20-/m0/s1. The number of piperidine rings is 1. The molecule has 0 radical (unpaired) electrons. The lowest BCUT2D eigenvalue weighted by molar-refractivity contribution is -0.268. The number of ether oxygens (including phenoxy) is 2. The minimum Gasteiger partial charge on any atom is -0.413 e. The minimum absolute atomic E-state index is 0.00665. The molecule has 3 rings (SSSR count). The monoisotopic (exact) mass is 379 g/mol. The summed E-state index contributed by atoms with van der Waals surface area (Å²) in [5.41, 5.74) is 0.00665. The molecule has 148 valence electrons. The van der Waals surface area contributed by atoms with Crippen LogP contribution in [0.5, 0.6) is 0 Å². The zero-order valence-electron chi connectivity index (χ0n) is 17.3. The first-order valence-corrected chi connectivity index (χ1v) is 13.0. The van der Waals surface area contributed by atoms with Gasteiger partial charge in [-0.3, -0.25) is 4.90 Å². The molecule has 3 atom stereocenters. The molecule has 1 aliphatic carbocycles. The summed E-state index contributed by atoms with van der Waals surface area (Å²) in [6.07, 6.45) is 7.43. The average Bonchev–Trinajstić information content (AvgIpc) is 3.02. The third-order valence-electron chi connectivity index (χ3n) is 7.25. The second-order valence-electron chi connectivity index (χ2n) is 9.75. The van der Waals surface area contributed by atoms with Gasteiger partial charge in [0.15, 0.2) is 14.1 Å². The summed E-state index contributed by atoms with van der Waals surface area (Å²) >= 11 is 0. The number of rotatable bonds is 5. The van der Waals surface area contributed by atoms with Crippen molar-refractivity contribution in [1.82, 2.24) is 4.90 Å². The first-order chi connectivity index (χ1) is 12.1. The van der Waals surface area contributed by atoms with Crippen LogP contribution in [-0.4, -0.2) is 57.0 Å². The minimum atomic E-state index is -1.85. The normalized spacial score (nSPS) is 34.8. The molecule has 0 unspecified atom stereocenters. The molecule has 5 heteroatoms. The van der Waals surface area contributed by atoms with E-state index in [2.05, 4.69) is 58.0 Å². The van der Waals surface area contributed by atoms with E-state index in [0.717, 1.165) is 32.4 Å². The van der Waals surface area contributed by atoms with Gasteiger partial charge >= 0.3 is 0 Å². The molecular formula is C21H37NO3Si. The van der Waals surface area contributed by atoms with E-state index in [-0.39, 0.29) is 22.6 Å². The molecule has 2 aliphatic heterocycles. The molecule has 2 heterocycles. The molecule has 26 heavy (non-hydrogen) atoms. The third-order valence-corrected chi connectivity index (χ3v) is 11.8. The van der Waals surface area contributed by atoms with Crippen LogP contribution in [0, 0.1) is 5.92 Å². The van der Waals surface area contributed by atoms with E-state index in [9.17, 15) is 0 Å². The molecule has 0 aromatic heterocycles. The maximum absolute atomic E-state index is 6.91. The summed E-state index contributed by atoms with van der Waals surface area (Å²) in [6, 6.07) is 0. The van der Waals surface area contributed by atoms with Gasteiger partial charge in [0.05, 0.1) is 25.9 Å². The molecule has 4 nitrogen and oxygen atoms in total. The van der Waals surface area contributed by atoms with E-state index in [1.165, 1.54) is 0 Å². The fourth-order valence-electron chi connectivity index (χ4n) is 4.66. The van der Waals surface area contributed by atoms with Crippen molar-refractivity contribution in [1.29, 1.82) is 0 Å². The second-order valence-corrected chi connectivity index (χ2v) is 14.5. The lowest BCUT2D eigenvalue weighted by atomic mass is 9.66. The highest BCUT2D eigenvalue weighted by molar-refractivity contribution is 6.74. The number of hydrogen-bond donors (Lipinski definition) is 0. The van der Waals surface area contributed by atoms with Gasteiger partial charge < -0.3 is 13.9 Å². The van der Waals surface area contributed by atoms with Crippen molar-refractivity contribution < 1.29 is 13.9 Å². The molecule has 3 fully saturated rings. The fraction of sp³-hybridized carbons (Fsp3) is 0.810. The zero-order valence-corrected chi connectivity index (χ0v) is 18.3. The molecule has 0 N–H and O–H groups in total. The number of nitrogens with zero attached hydrogens (tertiary/aromatic N) is 1. The Kier molecular flexibility index (Phi) is 5.34. The van der Waals surface area contributed by atoms with Gasteiger partial charge in [0.25, 0.3) is 0 Å². The van der Waals surface area contributed by atoms with Crippen molar-refractivity contribution in [3.05, 3.63) is 25.3 Å². The molecule has 1 saturated carbocycles. The number of hydrogen-bond acceptors (Lipinski definition) is 4. The highest BCUT2D eigenvalue weighted by Gasteiger charge is 2.61. The van der Waals surface area contributed by atoms with Crippen molar-refractivity contribution in [2.75, 3.05) is 26.3 Å². The summed E-state index contributed by atoms with van der Waals surface area (Å²) < 4.78 is 19.4. The molecule has 0 aromatic carbocycles. The van der Waals surface area contributed by atoms with Crippen LogP contribution in [0.25, 0.3) is 0 Å². The van der Waals surface area contributed by atoms with Gasteiger partial charge in [-0.15, -0.1) is 13.2 Å². The van der Waals surface area contributed by atoms with Gasteiger partial charge in [-0.1, -0.05) is 32.9 Å². The largest absolute Gasteiger partial charge is 0.413 e. The van der Waals surface area contributed by atoms with Crippen LogP contribution in [0.2, 0.25) is 18.1 Å². The average molecular weight is 380 g/mol. The predicted octanol–water partition coefficient (Wildman–Crippen LogP) is 4.35. The Morgan fingerprint density at radius 1 is 1.23 bits per heavy atom. The van der Waals surface area contributed by atoms with E-state index < -0.39 is 14.1 Å². The van der Waals surface area contributed by atoms with Gasteiger partial charge in [0.2, 0.25) is 0 Å². The van der Waals surface area contributed by atoms with Gasteiger partial charge in [-0.2, -0.15) is 0 Å². The van der Waals surface area contributed by atoms with Gasteiger partial charge in [0, 0.05) is 18.0 Å². The molecule has 0 amide bonds. The fourth-order valence-corrected chi connectivity index (χ4v) is 6.06. The van der Waals surface area contributed by atoms with E-state index in [0.29, 0.717) is 13.2 Å². The topological polar surface area (TPSA) is 30.9 Å². The Bertz CT molecular complexity index is 550. The molecule has 2 bridgehead atoms. The first kappa shape index (κ1) is 20.3. The van der Waals surface area contributed by atoms with Crippen LogP contribution in [0.1, 0.15) is 40.0 Å². The van der Waals surface area contributed by atoms with Gasteiger partial charge in [0.1, 0.15) is 0 Å². The summed E-state index contributed by atoms with van der Waals surface area (Å²) in [5.74, 6) is -0.282. The Labute approximate surface area is 160 Å². The molecule has 1 spiro atoms. The molecular weight excluding hydrogens is 342 g/mol. The van der Waals surface area contributed by atoms with Crippen molar-refractivity contribution in [3.63, 3.8) is 0 Å². The number of fused-ring (bicyclic) bond motifs is 3. The van der Waals surface area contributed by atoms with Crippen LogP contribution in [0.15, 0.2) is 25.3 Å². The van der Waals surface area contributed by atoms with Crippen LogP contribution in [-0.2, 0) is 13.9 Å². The third kappa shape index (κ3) is 3.26. The molecule has 3 aliphatic rings.